The molecule has 82 valence electrons. The Balaban J connectivity index is 2.09. The highest BCUT2D eigenvalue weighted by Crippen LogP contribution is 2.27. The maximum atomic E-state index is 11.5. The maximum Gasteiger partial charge on any atom is 0.318 e. The van der Waals surface area contributed by atoms with Gasteiger partial charge in [0, 0.05) is 18.0 Å². The minimum atomic E-state index is -0.0816. The van der Waals surface area contributed by atoms with E-state index in [4.69, 9.17) is 5.11 Å². The highest BCUT2D eigenvalue weighted by molar-refractivity contribution is 7.10. The zero-order valence-corrected chi connectivity index (χ0v) is 9.38. The predicted octanol–water partition coefficient (Wildman–Crippen LogP) is 1.12. The molecule has 0 aromatic carbocycles. The molecule has 2 rings (SSSR count). The van der Waals surface area contributed by atoms with E-state index in [9.17, 15) is 4.79 Å². The largest absolute Gasteiger partial charge is 0.395 e. The Bertz CT molecular complexity index is 364. The van der Waals surface area contributed by atoms with Gasteiger partial charge in [0.1, 0.15) is 0 Å². The van der Waals surface area contributed by atoms with Gasteiger partial charge in [0.05, 0.1) is 12.6 Å². The first-order valence-corrected chi connectivity index (χ1v) is 5.80. The van der Waals surface area contributed by atoms with Gasteiger partial charge in [0.2, 0.25) is 0 Å². The molecule has 15 heavy (non-hydrogen) atoms. The molecule has 1 aromatic rings. The number of carbonyl (C=O) groups is 1. The molecule has 4 nitrogen and oxygen atoms in total. The van der Waals surface area contributed by atoms with E-state index in [0.29, 0.717) is 13.1 Å². The summed E-state index contributed by atoms with van der Waals surface area (Å²) in [5.41, 5.74) is 1.22. The summed E-state index contributed by atoms with van der Waals surface area (Å²) in [6.45, 7) is 3.13. The van der Waals surface area contributed by atoms with E-state index < -0.39 is 0 Å². The number of carbonyl (C=O) groups excluding carboxylic acids is 1. The predicted molar refractivity (Wildman–Crippen MR) is 59.0 cm³/mol. The van der Waals surface area contributed by atoms with Crippen LogP contribution in [0.5, 0.6) is 0 Å². The molecule has 0 spiro atoms. The molecule has 1 aliphatic rings. The summed E-state index contributed by atoms with van der Waals surface area (Å²) in [5, 5.41) is 13.7. The molecular weight excluding hydrogens is 212 g/mol. The summed E-state index contributed by atoms with van der Waals surface area (Å²) in [5.74, 6) is 0. The Hall–Kier alpha value is -1.07. The van der Waals surface area contributed by atoms with Crippen LogP contribution in [0.2, 0.25) is 0 Å². The van der Waals surface area contributed by atoms with Gasteiger partial charge in [0.25, 0.3) is 0 Å². The van der Waals surface area contributed by atoms with Gasteiger partial charge in [-0.25, -0.2) is 4.79 Å². The Labute approximate surface area is 92.5 Å². The number of aliphatic hydroxyl groups is 1. The first kappa shape index (κ1) is 10.4. The fraction of sp³-hybridized carbons (Fsp3) is 0.500. The molecule has 5 heteroatoms. The minimum Gasteiger partial charge on any atom is -0.395 e. The number of rotatable bonds is 3. The third-order valence-corrected chi connectivity index (χ3v) is 3.71. The normalized spacial score (nSPS) is 20.8. The van der Waals surface area contributed by atoms with E-state index >= 15 is 0 Å². The molecule has 2 N–H and O–H groups in total. The van der Waals surface area contributed by atoms with Crippen LogP contribution in [0.1, 0.15) is 16.5 Å². The first-order valence-electron chi connectivity index (χ1n) is 4.92. The molecule has 1 saturated heterocycles. The topological polar surface area (TPSA) is 52.6 Å². The summed E-state index contributed by atoms with van der Waals surface area (Å²) >= 11 is 1.67. The lowest BCUT2D eigenvalue weighted by atomic mass is 10.2. The van der Waals surface area contributed by atoms with Gasteiger partial charge in [-0.2, -0.15) is 0 Å². The van der Waals surface area contributed by atoms with Crippen molar-refractivity contribution in [2.24, 2.45) is 0 Å². The van der Waals surface area contributed by atoms with Crippen LogP contribution in [0, 0.1) is 6.92 Å². The average molecular weight is 226 g/mol. The molecule has 0 aliphatic carbocycles. The number of nitrogens with zero attached hydrogens (tertiary/aromatic N) is 1. The Kier molecular flexibility index (Phi) is 2.93. The Morgan fingerprint density at radius 1 is 1.73 bits per heavy atom. The summed E-state index contributed by atoms with van der Waals surface area (Å²) < 4.78 is 0. The van der Waals surface area contributed by atoms with Gasteiger partial charge in [-0.1, -0.05) is 0 Å². The van der Waals surface area contributed by atoms with Crippen molar-refractivity contribution in [1.29, 1.82) is 0 Å². The second-order valence-corrected chi connectivity index (χ2v) is 4.59. The fourth-order valence-corrected chi connectivity index (χ4v) is 2.76. The molecule has 1 aliphatic heterocycles. The van der Waals surface area contributed by atoms with Gasteiger partial charge in [0.15, 0.2) is 0 Å². The van der Waals surface area contributed by atoms with Crippen molar-refractivity contribution in [3.8, 4) is 0 Å². The second kappa shape index (κ2) is 4.20. The second-order valence-electron chi connectivity index (χ2n) is 3.64. The van der Waals surface area contributed by atoms with Crippen LogP contribution in [0.15, 0.2) is 11.4 Å². The highest BCUT2D eigenvalue weighted by Gasteiger charge is 2.30. The number of urea groups is 1. The maximum absolute atomic E-state index is 11.5. The minimum absolute atomic E-state index is 0.0174. The Morgan fingerprint density at radius 3 is 3.13 bits per heavy atom. The summed E-state index contributed by atoms with van der Waals surface area (Å²) in [4.78, 5) is 14.3. The van der Waals surface area contributed by atoms with Crippen LogP contribution in [0.25, 0.3) is 0 Å². The number of nitrogens with one attached hydrogen (secondary N) is 1. The number of aliphatic hydroxyl groups excluding tert-OH is 1. The van der Waals surface area contributed by atoms with Crippen molar-refractivity contribution in [2.45, 2.75) is 13.0 Å². The zero-order chi connectivity index (χ0) is 10.8. The van der Waals surface area contributed by atoms with Crippen molar-refractivity contribution in [3.05, 3.63) is 21.9 Å². The smallest absolute Gasteiger partial charge is 0.318 e. The molecule has 2 amide bonds. The van der Waals surface area contributed by atoms with Crippen molar-refractivity contribution < 1.29 is 9.90 Å². The average Bonchev–Trinajstić information content (AvgIpc) is 2.75. The van der Waals surface area contributed by atoms with Crippen LogP contribution in [0.3, 0.4) is 0 Å². The quantitative estimate of drug-likeness (QED) is 0.811. The van der Waals surface area contributed by atoms with E-state index in [-0.39, 0.29) is 18.7 Å². The summed E-state index contributed by atoms with van der Waals surface area (Å²) in [6, 6.07) is 2.06. The monoisotopic (exact) mass is 226 g/mol. The number of thiophene rings is 1. The van der Waals surface area contributed by atoms with E-state index in [1.807, 2.05) is 12.3 Å². The van der Waals surface area contributed by atoms with E-state index in [1.54, 1.807) is 16.2 Å². The molecule has 2 heterocycles. The van der Waals surface area contributed by atoms with Crippen molar-refractivity contribution >= 4 is 17.4 Å². The van der Waals surface area contributed by atoms with Gasteiger partial charge >= 0.3 is 6.03 Å². The number of hydrogen-bond acceptors (Lipinski definition) is 3. The molecule has 0 saturated carbocycles. The molecular formula is C10H14N2O2S. The molecule has 1 atom stereocenters. The number of hydrogen-bond donors (Lipinski definition) is 2. The SMILES string of the molecule is Cc1ccsc1C1CN(CCO)C(=O)N1. The molecule has 1 unspecified atom stereocenters. The zero-order valence-electron chi connectivity index (χ0n) is 8.56. The molecule has 0 bridgehead atoms. The van der Waals surface area contributed by atoms with E-state index in [2.05, 4.69) is 11.4 Å². The van der Waals surface area contributed by atoms with Crippen molar-refractivity contribution in [3.63, 3.8) is 0 Å². The van der Waals surface area contributed by atoms with Gasteiger partial charge in [-0.3, -0.25) is 0 Å². The lowest BCUT2D eigenvalue weighted by molar-refractivity contribution is 0.196. The van der Waals surface area contributed by atoms with Crippen molar-refractivity contribution in [2.75, 3.05) is 19.7 Å². The lowest BCUT2D eigenvalue weighted by Crippen LogP contribution is -2.30. The number of amides is 2. The standard InChI is InChI=1S/C10H14N2O2S/c1-7-2-5-15-9(7)8-6-12(3-4-13)10(14)11-8/h2,5,8,13H,3-4,6H2,1H3,(H,11,14). The molecule has 0 radical (unpaired) electrons. The van der Waals surface area contributed by atoms with Crippen LogP contribution in [-0.2, 0) is 0 Å². The highest BCUT2D eigenvalue weighted by atomic mass is 32.1. The summed E-state index contributed by atoms with van der Waals surface area (Å²) in [7, 11) is 0. The first-order chi connectivity index (χ1) is 7.22. The van der Waals surface area contributed by atoms with Crippen LogP contribution < -0.4 is 5.32 Å². The molecule has 1 aromatic heterocycles. The summed E-state index contributed by atoms with van der Waals surface area (Å²) in [6.07, 6.45) is 0. The van der Waals surface area contributed by atoms with Gasteiger partial charge in [-0.15, -0.1) is 11.3 Å². The van der Waals surface area contributed by atoms with Gasteiger partial charge < -0.3 is 15.3 Å². The van der Waals surface area contributed by atoms with Crippen molar-refractivity contribution in [1.82, 2.24) is 10.2 Å². The van der Waals surface area contributed by atoms with Crippen LogP contribution in [0.4, 0.5) is 4.79 Å². The van der Waals surface area contributed by atoms with E-state index in [0.717, 1.165) is 0 Å². The fourth-order valence-electron chi connectivity index (χ4n) is 1.79. The van der Waals surface area contributed by atoms with Crippen LogP contribution in [-0.4, -0.2) is 35.7 Å². The number of aryl methyl sites for hydroxylation is 1. The lowest BCUT2D eigenvalue weighted by Gasteiger charge is -2.12. The van der Waals surface area contributed by atoms with Crippen LogP contribution >= 0.6 is 11.3 Å². The third-order valence-electron chi connectivity index (χ3n) is 2.58. The number of β-amino-alcohol motifs (C(OH)–C–C–N with tert-alkyl or cyclic N) is 1. The Morgan fingerprint density at radius 2 is 2.53 bits per heavy atom. The molecule has 1 fully saturated rings. The third kappa shape index (κ3) is 1.98. The van der Waals surface area contributed by atoms with Gasteiger partial charge in [-0.05, 0) is 23.9 Å². The van der Waals surface area contributed by atoms with E-state index in [1.165, 1.54) is 10.4 Å².